The molecule has 0 saturated heterocycles. The molecule has 3 N–H and O–H groups in total. The van der Waals surface area contributed by atoms with Gasteiger partial charge in [-0.2, -0.15) is 0 Å². The summed E-state index contributed by atoms with van der Waals surface area (Å²) >= 11 is 4.58. The maximum absolute atomic E-state index is 13.7. The van der Waals surface area contributed by atoms with Crippen LogP contribution in [0.25, 0.3) is 0 Å². The van der Waals surface area contributed by atoms with Crippen LogP contribution in [0.1, 0.15) is 37.5 Å². The third-order valence-electron chi connectivity index (χ3n) is 4.85. The van der Waals surface area contributed by atoms with Gasteiger partial charge in [0.1, 0.15) is 11.6 Å². The Bertz CT molecular complexity index is 1080. The molecule has 0 aliphatic rings. The van der Waals surface area contributed by atoms with Crippen molar-refractivity contribution in [2.75, 3.05) is 11.9 Å². The molecule has 0 saturated carbocycles. The first-order valence-electron chi connectivity index (χ1n) is 10.1. The number of benzene rings is 2. The van der Waals surface area contributed by atoms with Crippen molar-refractivity contribution in [3.05, 3.63) is 71.2 Å². The lowest BCUT2D eigenvalue weighted by atomic mass is 9.85. The summed E-state index contributed by atoms with van der Waals surface area (Å²) in [5.41, 5.74) is 9.57. The van der Waals surface area contributed by atoms with Crippen LogP contribution >= 0.6 is 12.6 Å². The second kappa shape index (κ2) is 10.5. The zero-order chi connectivity index (χ0) is 24.1. The summed E-state index contributed by atoms with van der Waals surface area (Å²) in [7, 11) is 0. The Morgan fingerprint density at radius 1 is 1.19 bits per heavy atom. The Morgan fingerprint density at radius 2 is 1.84 bits per heavy atom. The van der Waals surface area contributed by atoms with Gasteiger partial charge in [0.25, 0.3) is 0 Å². The van der Waals surface area contributed by atoms with Crippen molar-refractivity contribution in [2.24, 2.45) is 15.7 Å². The molecule has 0 bridgehead atoms. The van der Waals surface area contributed by atoms with E-state index in [9.17, 15) is 4.39 Å². The van der Waals surface area contributed by atoms with E-state index in [-0.39, 0.29) is 23.6 Å². The zero-order valence-electron chi connectivity index (χ0n) is 19.3. The number of aryl methyl sites for hydroxylation is 2. The van der Waals surface area contributed by atoms with Gasteiger partial charge in [-0.25, -0.2) is 9.38 Å². The number of ether oxygens (including phenoxy) is 1. The van der Waals surface area contributed by atoms with Crippen molar-refractivity contribution in [3.63, 3.8) is 0 Å². The SMILES string of the molecule is C=C/C(F)=C(/CN=C(N)Nc1c(S)ccc(C)c1Oc1c(C)cccc1C(C)(C)C)N=C. The number of para-hydroxylation sites is 1. The lowest BCUT2D eigenvalue weighted by molar-refractivity contribution is 0.450. The number of hydrogen-bond donors (Lipinski definition) is 3. The van der Waals surface area contributed by atoms with Crippen molar-refractivity contribution in [2.45, 2.75) is 44.9 Å². The molecule has 32 heavy (non-hydrogen) atoms. The number of nitrogens with one attached hydrogen (secondary N) is 1. The summed E-state index contributed by atoms with van der Waals surface area (Å²) in [6.45, 7) is 17.0. The minimum absolute atomic E-state index is 0.0475. The lowest BCUT2D eigenvalue weighted by Gasteiger charge is -2.25. The van der Waals surface area contributed by atoms with Crippen LogP contribution in [0.4, 0.5) is 10.1 Å². The first kappa shape index (κ1) is 25.2. The molecule has 0 aromatic heterocycles. The van der Waals surface area contributed by atoms with E-state index in [0.29, 0.717) is 16.3 Å². The summed E-state index contributed by atoms with van der Waals surface area (Å²) in [5, 5.41) is 3.05. The number of anilines is 1. The Hall–Kier alpha value is -3.06. The highest BCUT2D eigenvalue weighted by atomic mass is 32.1. The molecule has 5 nitrogen and oxygen atoms in total. The van der Waals surface area contributed by atoms with E-state index < -0.39 is 5.83 Å². The molecular formula is C25H31FN4OS. The summed E-state index contributed by atoms with van der Waals surface area (Å²) in [6.07, 6.45) is 1.05. The molecule has 2 rings (SSSR count). The fourth-order valence-electron chi connectivity index (χ4n) is 3.06. The summed E-state index contributed by atoms with van der Waals surface area (Å²) in [4.78, 5) is 8.43. The van der Waals surface area contributed by atoms with Crippen LogP contribution < -0.4 is 15.8 Å². The Kier molecular flexibility index (Phi) is 8.27. The molecular weight excluding hydrogens is 423 g/mol. The third kappa shape index (κ3) is 6.01. The lowest BCUT2D eigenvalue weighted by Crippen LogP contribution is -2.24. The topological polar surface area (TPSA) is 72.0 Å². The van der Waals surface area contributed by atoms with Crippen LogP contribution in [0.3, 0.4) is 0 Å². The number of allylic oxidation sites excluding steroid dienone is 2. The molecule has 0 heterocycles. The normalized spacial score (nSPS) is 12.8. The minimum Gasteiger partial charge on any atom is -0.454 e. The molecule has 2 aromatic rings. The minimum atomic E-state index is -0.597. The van der Waals surface area contributed by atoms with Crippen molar-refractivity contribution >= 4 is 31.0 Å². The van der Waals surface area contributed by atoms with Gasteiger partial charge in [0, 0.05) is 10.5 Å². The van der Waals surface area contributed by atoms with E-state index in [1.807, 2.05) is 38.1 Å². The maximum atomic E-state index is 13.7. The largest absolute Gasteiger partial charge is 0.454 e. The average Bonchev–Trinajstić information content (AvgIpc) is 2.73. The molecule has 0 unspecified atom stereocenters. The van der Waals surface area contributed by atoms with Gasteiger partial charge in [-0.15, -0.1) is 12.6 Å². The monoisotopic (exact) mass is 454 g/mol. The standard InChI is InChI=1S/C25H31FN4OS/c1-8-18(26)19(28-7)14-29-24(27)30-21-20(32)13-12-16(3)23(21)31-22-15(2)10-9-11-17(22)25(4,5)6/h8-13,32H,1,7,14H2,2-6H3,(H3,27,29,30)/b19-18+. The highest BCUT2D eigenvalue weighted by Gasteiger charge is 2.22. The zero-order valence-corrected chi connectivity index (χ0v) is 20.2. The highest BCUT2D eigenvalue weighted by Crippen LogP contribution is 2.42. The van der Waals surface area contributed by atoms with Gasteiger partial charge in [0.15, 0.2) is 11.7 Å². The number of nitrogens with two attached hydrogens (primary N) is 1. The van der Waals surface area contributed by atoms with Crippen LogP contribution in [0.2, 0.25) is 0 Å². The first-order valence-corrected chi connectivity index (χ1v) is 10.6. The molecule has 0 fully saturated rings. The van der Waals surface area contributed by atoms with Gasteiger partial charge < -0.3 is 15.8 Å². The fourth-order valence-corrected chi connectivity index (χ4v) is 3.29. The van der Waals surface area contributed by atoms with E-state index in [4.69, 9.17) is 10.5 Å². The molecule has 0 aliphatic heterocycles. The van der Waals surface area contributed by atoms with Crippen molar-refractivity contribution < 1.29 is 9.13 Å². The number of thiol groups is 1. The van der Waals surface area contributed by atoms with Crippen molar-refractivity contribution in [1.82, 2.24) is 0 Å². The third-order valence-corrected chi connectivity index (χ3v) is 5.23. The Labute approximate surface area is 195 Å². The molecule has 0 radical (unpaired) electrons. The number of aliphatic imine (C=N–C) groups is 2. The molecule has 0 atom stereocenters. The van der Waals surface area contributed by atoms with Crippen LogP contribution in [0.15, 0.2) is 69.4 Å². The number of hydrogen-bond acceptors (Lipinski definition) is 4. The molecule has 0 spiro atoms. The van der Waals surface area contributed by atoms with Gasteiger partial charge in [-0.3, -0.25) is 4.99 Å². The van der Waals surface area contributed by atoms with Crippen LogP contribution in [0, 0.1) is 13.8 Å². The number of guanidine groups is 1. The van der Waals surface area contributed by atoms with E-state index in [1.54, 1.807) is 0 Å². The van der Waals surface area contributed by atoms with E-state index in [2.05, 4.69) is 68.1 Å². The van der Waals surface area contributed by atoms with Gasteiger partial charge in [-0.1, -0.05) is 51.6 Å². The summed E-state index contributed by atoms with van der Waals surface area (Å²) in [5.74, 6) is 0.843. The molecule has 7 heteroatoms. The first-order chi connectivity index (χ1) is 15.0. The van der Waals surface area contributed by atoms with Crippen molar-refractivity contribution in [1.29, 1.82) is 0 Å². The maximum Gasteiger partial charge on any atom is 0.193 e. The van der Waals surface area contributed by atoms with E-state index in [0.717, 1.165) is 28.5 Å². The fraction of sp³-hybridized carbons (Fsp3) is 0.280. The predicted octanol–water partition coefficient (Wildman–Crippen LogP) is 6.48. The summed E-state index contributed by atoms with van der Waals surface area (Å²) in [6, 6.07) is 9.87. The van der Waals surface area contributed by atoms with Crippen LogP contribution in [0.5, 0.6) is 11.5 Å². The Morgan fingerprint density at radius 3 is 2.44 bits per heavy atom. The molecule has 2 aromatic carbocycles. The number of rotatable bonds is 7. The second-order valence-corrected chi connectivity index (χ2v) is 8.87. The molecule has 0 amide bonds. The van der Waals surface area contributed by atoms with Crippen LogP contribution in [-0.2, 0) is 5.41 Å². The Balaban J connectivity index is 2.48. The average molecular weight is 455 g/mol. The predicted molar refractivity (Wildman–Crippen MR) is 136 cm³/mol. The highest BCUT2D eigenvalue weighted by molar-refractivity contribution is 7.80. The number of nitrogens with zero attached hydrogens (tertiary/aromatic N) is 2. The van der Waals surface area contributed by atoms with Gasteiger partial charge >= 0.3 is 0 Å². The summed E-state index contributed by atoms with van der Waals surface area (Å²) < 4.78 is 20.2. The second-order valence-electron chi connectivity index (χ2n) is 8.39. The molecule has 0 aliphatic carbocycles. The quantitative estimate of drug-likeness (QED) is 0.194. The number of halogens is 1. The van der Waals surface area contributed by atoms with E-state index in [1.165, 1.54) is 0 Å². The molecule has 170 valence electrons. The van der Waals surface area contributed by atoms with Crippen LogP contribution in [-0.4, -0.2) is 19.2 Å². The van der Waals surface area contributed by atoms with E-state index >= 15 is 0 Å². The van der Waals surface area contributed by atoms with Gasteiger partial charge in [0.2, 0.25) is 0 Å². The van der Waals surface area contributed by atoms with Crippen molar-refractivity contribution in [3.8, 4) is 11.5 Å². The smallest absolute Gasteiger partial charge is 0.193 e. The van der Waals surface area contributed by atoms with Gasteiger partial charge in [-0.05, 0) is 49.2 Å². The van der Waals surface area contributed by atoms with Gasteiger partial charge in [0.05, 0.1) is 17.9 Å².